The van der Waals surface area contributed by atoms with Crippen LogP contribution in [0, 0.1) is 5.92 Å². The second-order valence-electron chi connectivity index (χ2n) is 8.15. The Morgan fingerprint density at radius 1 is 0.879 bits per heavy atom. The van der Waals surface area contributed by atoms with Crippen molar-refractivity contribution < 1.29 is 34.1 Å². The van der Waals surface area contributed by atoms with Gasteiger partial charge in [-0.25, -0.2) is 0 Å². The minimum absolute atomic E-state index is 0.165. The highest BCUT2D eigenvalue weighted by Crippen LogP contribution is 2.16. The molecule has 0 heterocycles. The highest BCUT2D eigenvalue weighted by Gasteiger charge is 2.27. The summed E-state index contributed by atoms with van der Waals surface area (Å²) in [4.78, 5) is 48.6. The highest BCUT2D eigenvalue weighted by atomic mass is 16.5. The molecule has 0 aliphatic carbocycles. The van der Waals surface area contributed by atoms with Gasteiger partial charge in [-0.05, 0) is 48.9 Å². The molecule has 0 saturated heterocycles. The lowest BCUT2D eigenvalue weighted by Gasteiger charge is -2.24. The lowest BCUT2D eigenvalue weighted by molar-refractivity contribution is -0.140. The minimum Gasteiger partial charge on any atom is -0.469 e. The van der Waals surface area contributed by atoms with E-state index in [9.17, 15) is 29.4 Å². The molecule has 0 radical (unpaired) electrons. The fourth-order valence-corrected chi connectivity index (χ4v) is 3.07. The third kappa shape index (κ3) is 10.0. The van der Waals surface area contributed by atoms with Crippen LogP contribution in [-0.4, -0.2) is 53.1 Å². The Bertz CT molecular complexity index is 804. The van der Waals surface area contributed by atoms with Crippen LogP contribution in [0.3, 0.4) is 0 Å². The number of aliphatic hydroxyl groups is 2. The quantitative estimate of drug-likeness (QED) is 0.215. The number of unbranched alkanes of at least 4 members (excludes halogenated alkanes) is 1. The lowest BCUT2D eigenvalue weighted by Crippen LogP contribution is -2.53. The molecule has 0 aliphatic rings. The Hall–Kier alpha value is -2.98. The average Bonchev–Trinajstić information content (AvgIpc) is 2.79. The number of anilines is 1. The first kappa shape index (κ1) is 28.1. The van der Waals surface area contributed by atoms with Crippen molar-refractivity contribution in [3.8, 4) is 0 Å². The van der Waals surface area contributed by atoms with E-state index < -0.39 is 23.9 Å². The topological polar surface area (TPSA) is 154 Å². The Labute approximate surface area is 194 Å². The number of carbonyl (C=O) groups excluding carboxylic acids is 4. The summed E-state index contributed by atoms with van der Waals surface area (Å²) in [5, 5.41) is 26.6. The summed E-state index contributed by atoms with van der Waals surface area (Å²) in [5.41, 5.74) is 1.45. The summed E-state index contributed by atoms with van der Waals surface area (Å²) in [6.45, 7) is 4.58. The van der Waals surface area contributed by atoms with E-state index in [2.05, 4.69) is 20.7 Å². The predicted octanol–water partition coefficient (Wildman–Crippen LogP) is 0.989. The van der Waals surface area contributed by atoms with E-state index in [1.54, 1.807) is 32.0 Å². The second kappa shape index (κ2) is 14.2. The number of amides is 3. The van der Waals surface area contributed by atoms with Gasteiger partial charge in [-0.15, -0.1) is 0 Å². The second-order valence-corrected chi connectivity index (χ2v) is 8.15. The van der Waals surface area contributed by atoms with Crippen molar-refractivity contribution >= 4 is 29.4 Å². The minimum atomic E-state index is -0.897. The van der Waals surface area contributed by atoms with Gasteiger partial charge in [0.05, 0.1) is 20.3 Å². The zero-order valence-corrected chi connectivity index (χ0v) is 19.6. The van der Waals surface area contributed by atoms with Gasteiger partial charge < -0.3 is 30.9 Å². The van der Waals surface area contributed by atoms with Gasteiger partial charge in [-0.1, -0.05) is 19.9 Å². The molecular weight excluding hydrogens is 430 g/mol. The molecule has 0 aliphatic heterocycles. The molecule has 0 spiro atoms. The van der Waals surface area contributed by atoms with Crippen LogP contribution in [0.5, 0.6) is 0 Å². The van der Waals surface area contributed by atoms with Crippen molar-refractivity contribution in [3.05, 3.63) is 29.3 Å². The van der Waals surface area contributed by atoms with Crippen LogP contribution in [0.1, 0.15) is 57.6 Å². The first-order valence-corrected chi connectivity index (χ1v) is 10.9. The number of benzene rings is 1. The lowest BCUT2D eigenvalue weighted by atomic mass is 10.0. The predicted molar refractivity (Wildman–Crippen MR) is 122 cm³/mol. The molecule has 1 unspecified atom stereocenters. The zero-order valence-electron chi connectivity index (χ0n) is 19.6. The first-order chi connectivity index (χ1) is 15.6. The Balaban J connectivity index is 2.64. The number of carbonyl (C=O) groups is 4. The summed E-state index contributed by atoms with van der Waals surface area (Å²) in [7, 11) is 1.31. The molecule has 5 N–H and O–H groups in total. The summed E-state index contributed by atoms with van der Waals surface area (Å²) in [6.07, 6.45) is 1.38. The maximum atomic E-state index is 12.7. The van der Waals surface area contributed by atoms with Gasteiger partial charge in [-0.2, -0.15) is 0 Å². The van der Waals surface area contributed by atoms with Crippen LogP contribution < -0.4 is 16.0 Å². The molecular formula is C23H35N3O7. The molecule has 0 saturated carbocycles. The first-order valence-electron chi connectivity index (χ1n) is 10.9. The summed E-state index contributed by atoms with van der Waals surface area (Å²) in [5.74, 6) is -1.84. The van der Waals surface area contributed by atoms with E-state index in [0.29, 0.717) is 29.7 Å². The van der Waals surface area contributed by atoms with Crippen LogP contribution in [0.15, 0.2) is 18.2 Å². The molecule has 1 aromatic rings. The molecule has 0 aromatic heterocycles. The molecule has 1 aromatic carbocycles. The number of hydrogen-bond acceptors (Lipinski definition) is 7. The van der Waals surface area contributed by atoms with Gasteiger partial charge in [0, 0.05) is 18.5 Å². The van der Waals surface area contributed by atoms with Gasteiger partial charge in [0.2, 0.25) is 17.7 Å². The van der Waals surface area contributed by atoms with Crippen LogP contribution in [0.25, 0.3) is 0 Å². The SMILES string of the molecule is COC(=O)CCCCC(=O)NC(C(=O)N[C@@H](C)C(=O)Nc1cc(CO)cc(CO)c1)C(C)C. The zero-order chi connectivity index (χ0) is 25.0. The molecule has 3 amide bonds. The van der Waals surface area contributed by atoms with Crippen molar-refractivity contribution in [1.29, 1.82) is 0 Å². The molecule has 1 rings (SSSR count). The van der Waals surface area contributed by atoms with Gasteiger partial charge in [0.15, 0.2) is 0 Å². The van der Waals surface area contributed by atoms with Crippen molar-refractivity contribution in [2.75, 3.05) is 12.4 Å². The normalized spacial score (nSPS) is 12.6. The number of ether oxygens (including phenoxy) is 1. The van der Waals surface area contributed by atoms with E-state index in [1.807, 2.05) is 0 Å². The molecule has 0 bridgehead atoms. The van der Waals surface area contributed by atoms with Crippen LogP contribution in [0.2, 0.25) is 0 Å². The summed E-state index contributed by atoms with van der Waals surface area (Å²) in [6, 6.07) is 3.04. The van der Waals surface area contributed by atoms with Crippen LogP contribution >= 0.6 is 0 Å². The molecule has 10 heteroatoms. The van der Waals surface area contributed by atoms with E-state index >= 15 is 0 Å². The van der Waals surface area contributed by atoms with Crippen molar-refractivity contribution in [2.24, 2.45) is 5.92 Å². The highest BCUT2D eigenvalue weighted by molar-refractivity contribution is 5.98. The monoisotopic (exact) mass is 465 g/mol. The third-order valence-electron chi connectivity index (χ3n) is 4.97. The molecule has 2 atom stereocenters. The van der Waals surface area contributed by atoms with Gasteiger partial charge in [0.25, 0.3) is 0 Å². The number of aliphatic hydroxyl groups excluding tert-OH is 2. The summed E-state index contributed by atoms with van der Waals surface area (Å²) < 4.78 is 4.55. The Kier molecular flexibility index (Phi) is 12.1. The summed E-state index contributed by atoms with van der Waals surface area (Å²) >= 11 is 0. The van der Waals surface area contributed by atoms with Crippen LogP contribution in [0.4, 0.5) is 5.69 Å². The number of esters is 1. The smallest absolute Gasteiger partial charge is 0.305 e. The van der Waals surface area contributed by atoms with E-state index in [1.165, 1.54) is 14.0 Å². The Morgan fingerprint density at radius 2 is 1.45 bits per heavy atom. The third-order valence-corrected chi connectivity index (χ3v) is 4.97. The van der Waals surface area contributed by atoms with E-state index in [-0.39, 0.29) is 43.8 Å². The van der Waals surface area contributed by atoms with Gasteiger partial charge >= 0.3 is 5.97 Å². The standard InChI is InChI=1S/C23H35N3O7/c1-14(2)21(26-19(29)7-5-6-8-20(30)33-4)23(32)24-15(3)22(31)25-18-10-16(12-27)9-17(11-18)13-28/h9-11,14-15,21,27-28H,5-8,12-13H2,1-4H3,(H,24,32)(H,25,31)(H,26,29)/t15-,21?/m0/s1. The molecule has 0 fully saturated rings. The van der Waals surface area contributed by atoms with E-state index in [0.717, 1.165) is 0 Å². The van der Waals surface area contributed by atoms with Gasteiger partial charge in [-0.3, -0.25) is 19.2 Å². The number of rotatable bonds is 13. The van der Waals surface area contributed by atoms with Crippen molar-refractivity contribution in [2.45, 2.75) is 71.8 Å². The largest absolute Gasteiger partial charge is 0.469 e. The maximum absolute atomic E-state index is 12.7. The number of hydrogen-bond donors (Lipinski definition) is 5. The van der Waals surface area contributed by atoms with Crippen LogP contribution in [-0.2, 0) is 37.1 Å². The fourth-order valence-electron chi connectivity index (χ4n) is 3.07. The molecule has 184 valence electrons. The van der Waals surface area contributed by atoms with Crippen molar-refractivity contribution in [3.63, 3.8) is 0 Å². The van der Waals surface area contributed by atoms with E-state index in [4.69, 9.17) is 0 Å². The maximum Gasteiger partial charge on any atom is 0.305 e. The Morgan fingerprint density at radius 3 is 1.97 bits per heavy atom. The molecule has 33 heavy (non-hydrogen) atoms. The number of nitrogens with one attached hydrogen (secondary N) is 3. The average molecular weight is 466 g/mol. The fraction of sp³-hybridized carbons (Fsp3) is 0.565. The molecule has 10 nitrogen and oxygen atoms in total. The van der Waals surface area contributed by atoms with Crippen molar-refractivity contribution in [1.82, 2.24) is 10.6 Å². The van der Waals surface area contributed by atoms with Gasteiger partial charge in [0.1, 0.15) is 12.1 Å². The number of methoxy groups -OCH3 is 1.